The van der Waals surface area contributed by atoms with Gasteiger partial charge in [0.05, 0.1) is 11.3 Å². The number of likely N-dealkylation sites (tertiary alicyclic amines) is 1. The summed E-state index contributed by atoms with van der Waals surface area (Å²) in [6.45, 7) is 2.99. The lowest BCUT2D eigenvalue weighted by Gasteiger charge is -2.16. The summed E-state index contributed by atoms with van der Waals surface area (Å²) in [6, 6.07) is 10.3. The second-order valence-corrected chi connectivity index (χ2v) is 7.60. The van der Waals surface area contributed by atoms with Gasteiger partial charge in [-0.3, -0.25) is 14.6 Å². The number of pyridine rings is 1. The van der Waals surface area contributed by atoms with Gasteiger partial charge in [0.25, 0.3) is 11.8 Å². The maximum absolute atomic E-state index is 12.6. The standard InChI is InChI=1S/C22H20ClN5O2/c1-14-19(21(29)27-18-4-2-17(23)3-5-18)12-25-20(26-14)16-8-11-28(13-16)22(30)15-6-9-24-10-7-15/h2-7,9-10,12,16H,8,11,13H2,1H3,(H,27,29)/t16-/m1/s1. The fourth-order valence-electron chi connectivity index (χ4n) is 3.47. The predicted molar refractivity (Wildman–Crippen MR) is 114 cm³/mol. The van der Waals surface area contributed by atoms with Gasteiger partial charge in [0.1, 0.15) is 5.82 Å². The summed E-state index contributed by atoms with van der Waals surface area (Å²) in [5, 5.41) is 3.42. The number of nitrogens with zero attached hydrogens (tertiary/aromatic N) is 4. The molecule has 0 aliphatic carbocycles. The van der Waals surface area contributed by atoms with Crippen molar-refractivity contribution in [3.8, 4) is 0 Å². The van der Waals surface area contributed by atoms with Crippen molar-refractivity contribution in [2.24, 2.45) is 0 Å². The van der Waals surface area contributed by atoms with Gasteiger partial charge in [0.2, 0.25) is 0 Å². The highest BCUT2D eigenvalue weighted by Gasteiger charge is 2.30. The van der Waals surface area contributed by atoms with E-state index in [9.17, 15) is 9.59 Å². The first kappa shape index (κ1) is 20.0. The lowest BCUT2D eigenvalue weighted by Crippen LogP contribution is -2.28. The second kappa shape index (κ2) is 8.59. The smallest absolute Gasteiger partial charge is 0.259 e. The summed E-state index contributed by atoms with van der Waals surface area (Å²) < 4.78 is 0. The molecule has 0 saturated carbocycles. The van der Waals surface area contributed by atoms with Crippen molar-refractivity contribution < 1.29 is 9.59 Å². The molecule has 4 rings (SSSR count). The van der Waals surface area contributed by atoms with E-state index in [1.807, 2.05) is 0 Å². The van der Waals surface area contributed by atoms with Crippen molar-refractivity contribution in [3.63, 3.8) is 0 Å². The van der Waals surface area contributed by atoms with Gasteiger partial charge in [-0.15, -0.1) is 0 Å². The van der Waals surface area contributed by atoms with Gasteiger partial charge in [-0.2, -0.15) is 0 Å². The summed E-state index contributed by atoms with van der Waals surface area (Å²) in [5.74, 6) is 0.404. The number of nitrogens with one attached hydrogen (secondary N) is 1. The molecule has 2 amide bonds. The molecule has 30 heavy (non-hydrogen) atoms. The van der Waals surface area contributed by atoms with E-state index < -0.39 is 0 Å². The predicted octanol–water partition coefficient (Wildman–Crippen LogP) is 3.72. The number of anilines is 1. The van der Waals surface area contributed by atoms with E-state index in [2.05, 4.69) is 20.3 Å². The molecule has 1 saturated heterocycles. The van der Waals surface area contributed by atoms with Crippen molar-refractivity contribution in [2.75, 3.05) is 18.4 Å². The van der Waals surface area contributed by atoms with E-state index in [1.165, 1.54) is 0 Å². The molecule has 3 heterocycles. The number of benzene rings is 1. The fourth-order valence-corrected chi connectivity index (χ4v) is 3.59. The van der Waals surface area contributed by atoms with E-state index >= 15 is 0 Å². The lowest BCUT2D eigenvalue weighted by atomic mass is 10.1. The van der Waals surface area contributed by atoms with Gasteiger partial charge in [-0.25, -0.2) is 9.97 Å². The minimum absolute atomic E-state index is 0.0180. The number of halogens is 1. The molecule has 8 heteroatoms. The number of aryl methyl sites for hydroxylation is 1. The van der Waals surface area contributed by atoms with Crippen molar-refractivity contribution in [3.05, 3.63) is 82.7 Å². The van der Waals surface area contributed by atoms with E-state index in [4.69, 9.17) is 11.6 Å². The molecular weight excluding hydrogens is 402 g/mol. The molecule has 1 aliphatic rings. The molecule has 1 aromatic carbocycles. The average Bonchev–Trinajstić information content (AvgIpc) is 3.25. The maximum Gasteiger partial charge on any atom is 0.259 e. The van der Waals surface area contributed by atoms with E-state index in [1.54, 1.807) is 66.8 Å². The molecule has 0 bridgehead atoms. The van der Waals surface area contributed by atoms with Crippen LogP contribution in [-0.2, 0) is 0 Å². The zero-order valence-electron chi connectivity index (χ0n) is 16.4. The summed E-state index contributed by atoms with van der Waals surface area (Å²) >= 11 is 5.87. The molecule has 3 aromatic rings. The number of hydrogen-bond donors (Lipinski definition) is 1. The normalized spacial score (nSPS) is 15.8. The highest BCUT2D eigenvalue weighted by atomic mass is 35.5. The van der Waals surface area contributed by atoms with Gasteiger partial charge in [0.15, 0.2) is 0 Å². The summed E-state index contributed by atoms with van der Waals surface area (Å²) in [4.78, 5) is 39.9. The Hall–Kier alpha value is -3.32. The molecule has 0 radical (unpaired) electrons. The van der Waals surface area contributed by atoms with Gasteiger partial charge in [0, 0.05) is 53.9 Å². The molecular formula is C22H20ClN5O2. The molecule has 1 atom stereocenters. The molecule has 2 aromatic heterocycles. The van der Waals surface area contributed by atoms with Gasteiger partial charge < -0.3 is 10.2 Å². The first-order valence-corrected chi connectivity index (χ1v) is 9.99. The summed E-state index contributed by atoms with van der Waals surface area (Å²) in [6.07, 6.45) is 5.56. The monoisotopic (exact) mass is 421 g/mol. The molecule has 152 valence electrons. The Morgan fingerprint density at radius 2 is 1.87 bits per heavy atom. The zero-order valence-corrected chi connectivity index (χ0v) is 17.1. The van der Waals surface area contributed by atoms with Crippen LogP contribution in [0.15, 0.2) is 55.0 Å². The van der Waals surface area contributed by atoms with Crippen LogP contribution in [0, 0.1) is 6.92 Å². The van der Waals surface area contributed by atoms with Crippen LogP contribution < -0.4 is 5.32 Å². The van der Waals surface area contributed by atoms with Crippen molar-refractivity contribution in [2.45, 2.75) is 19.3 Å². The van der Waals surface area contributed by atoms with Crippen molar-refractivity contribution in [1.82, 2.24) is 19.9 Å². The number of aromatic nitrogens is 3. The lowest BCUT2D eigenvalue weighted by molar-refractivity contribution is 0.0790. The quantitative estimate of drug-likeness (QED) is 0.693. The van der Waals surface area contributed by atoms with Crippen LogP contribution in [0.1, 0.15) is 44.6 Å². The Morgan fingerprint density at radius 1 is 1.13 bits per heavy atom. The van der Waals surface area contributed by atoms with Crippen LogP contribution in [0.4, 0.5) is 5.69 Å². The molecule has 7 nitrogen and oxygen atoms in total. The summed E-state index contributed by atoms with van der Waals surface area (Å²) in [7, 11) is 0. The second-order valence-electron chi connectivity index (χ2n) is 7.16. The van der Waals surface area contributed by atoms with Crippen molar-refractivity contribution in [1.29, 1.82) is 0 Å². The third-order valence-corrected chi connectivity index (χ3v) is 5.36. The van der Waals surface area contributed by atoms with Crippen LogP contribution in [0.3, 0.4) is 0 Å². The van der Waals surface area contributed by atoms with Crippen LogP contribution in [0.5, 0.6) is 0 Å². The number of amides is 2. The number of carbonyl (C=O) groups is 2. The minimum Gasteiger partial charge on any atom is -0.338 e. The highest BCUT2D eigenvalue weighted by molar-refractivity contribution is 6.30. The van der Waals surface area contributed by atoms with Gasteiger partial charge in [-0.05, 0) is 49.7 Å². The van der Waals surface area contributed by atoms with Crippen LogP contribution >= 0.6 is 11.6 Å². The molecule has 0 spiro atoms. The molecule has 1 N–H and O–H groups in total. The largest absolute Gasteiger partial charge is 0.338 e. The number of hydrogen-bond acceptors (Lipinski definition) is 5. The molecule has 1 aliphatic heterocycles. The zero-order chi connectivity index (χ0) is 21.1. The van der Waals surface area contributed by atoms with E-state index in [0.29, 0.717) is 46.4 Å². The average molecular weight is 422 g/mol. The Kier molecular flexibility index (Phi) is 5.72. The third kappa shape index (κ3) is 4.31. The Bertz CT molecular complexity index is 1070. The third-order valence-electron chi connectivity index (χ3n) is 5.11. The Morgan fingerprint density at radius 3 is 2.57 bits per heavy atom. The highest BCUT2D eigenvalue weighted by Crippen LogP contribution is 2.26. The van der Waals surface area contributed by atoms with Crippen LogP contribution in [0.25, 0.3) is 0 Å². The Labute approximate surface area is 179 Å². The summed E-state index contributed by atoms with van der Waals surface area (Å²) in [5.41, 5.74) is 2.28. The van der Waals surface area contributed by atoms with Crippen LogP contribution in [-0.4, -0.2) is 44.8 Å². The topological polar surface area (TPSA) is 88.1 Å². The van der Waals surface area contributed by atoms with Gasteiger partial charge >= 0.3 is 0 Å². The maximum atomic E-state index is 12.6. The van der Waals surface area contributed by atoms with Crippen LogP contribution in [0.2, 0.25) is 5.02 Å². The van der Waals surface area contributed by atoms with E-state index in [0.717, 1.165) is 6.42 Å². The van der Waals surface area contributed by atoms with Crippen molar-refractivity contribution >= 4 is 29.1 Å². The first-order valence-electron chi connectivity index (χ1n) is 9.61. The SMILES string of the molecule is Cc1nc([C@@H]2CCN(C(=O)c3ccncc3)C2)ncc1C(=O)Nc1ccc(Cl)cc1. The Balaban J connectivity index is 1.44. The fraction of sp³-hybridized carbons (Fsp3) is 0.227. The number of rotatable bonds is 4. The van der Waals surface area contributed by atoms with E-state index in [-0.39, 0.29) is 17.7 Å². The number of carbonyl (C=O) groups excluding carboxylic acids is 2. The molecule has 1 fully saturated rings. The minimum atomic E-state index is -0.276. The van der Waals surface area contributed by atoms with Gasteiger partial charge in [-0.1, -0.05) is 11.6 Å². The first-order chi connectivity index (χ1) is 14.5. The molecule has 0 unspecified atom stereocenters.